The van der Waals surface area contributed by atoms with Crippen LogP contribution >= 0.6 is 0 Å². The largest absolute Gasteiger partial charge is 0.414 e. The van der Waals surface area contributed by atoms with Crippen LogP contribution in [0.4, 0.5) is 0 Å². The van der Waals surface area contributed by atoms with E-state index in [1.165, 1.54) is 94.1 Å². The van der Waals surface area contributed by atoms with Crippen LogP contribution in [0.1, 0.15) is 113 Å². The normalized spacial score (nSPS) is 41.8. The second kappa shape index (κ2) is 10.8. The van der Waals surface area contributed by atoms with Gasteiger partial charge in [0.05, 0.1) is 6.10 Å². The average Bonchev–Trinajstić information content (AvgIpc) is 3.21. The monoisotopic (exact) mass is 520 g/mol. The maximum Gasteiger partial charge on any atom is 0.192 e. The molecule has 0 radical (unpaired) electrons. The SMILES string of the molecule is CC[Si](CC)(CC)O[C@@H]1CC[C@@]2(C)[C@H](CC[C@@H]3[C@@H]2CC[C@]2(C)[C@@H](O[Si](CC)(CC)CC)CC[C@@H]32)C1. The fraction of sp³-hybridized carbons (Fsp3) is 1.00. The van der Waals surface area contributed by atoms with Gasteiger partial charge in [-0.1, -0.05) is 55.4 Å². The lowest BCUT2D eigenvalue weighted by molar-refractivity contribution is -0.130. The molecular formula is C31H60O2Si2. The van der Waals surface area contributed by atoms with Gasteiger partial charge in [-0.25, -0.2) is 0 Å². The molecule has 0 heterocycles. The summed E-state index contributed by atoms with van der Waals surface area (Å²) in [4.78, 5) is 0. The number of hydrogen-bond donors (Lipinski definition) is 0. The molecule has 204 valence electrons. The molecule has 4 heteroatoms. The molecule has 0 saturated heterocycles. The Hall–Kier alpha value is 0.354. The lowest BCUT2D eigenvalue weighted by atomic mass is 9.45. The first-order chi connectivity index (χ1) is 16.7. The number of fused-ring (bicyclic) bond motifs is 5. The molecule has 4 aliphatic carbocycles. The summed E-state index contributed by atoms with van der Waals surface area (Å²) in [5, 5.41) is 0. The molecule has 0 bridgehead atoms. The van der Waals surface area contributed by atoms with Crippen molar-refractivity contribution in [3.63, 3.8) is 0 Å². The van der Waals surface area contributed by atoms with E-state index < -0.39 is 16.6 Å². The van der Waals surface area contributed by atoms with Gasteiger partial charge < -0.3 is 8.85 Å². The molecule has 0 spiro atoms. The summed E-state index contributed by atoms with van der Waals surface area (Å²) in [7, 11) is -3.04. The molecule has 0 aromatic rings. The standard InChI is InChI=1S/C31H60O2Si2/c1-9-34(10-2,11-3)32-25-19-21-30(7)24(23-25)15-16-26-27-17-18-29(31(27,8)22-20-28(26)30)33-35(12-4,13-5)14-6/h24-29H,9-23H2,1-8H3/t24-,25-,26+,27+,28+,29+,30+,31+/m1/s1. The summed E-state index contributed by atoms with van der Waals surface area (Å²) >= 11 is 0. The topological polar surface area (TPSA) is 18.5 Å². The van der Waals surface area contributed by atoms with Crippen LogP contribution in [0.3, 0.4) is 0 Å². The molecule has 0 aliphatic heterocycles. The molecule has 2 nitrogen and oxygen atoms in total. The summed E-state index contributed by atoms with van der Waals surface area (Å²) in [6.45, 7) is 19.8. The van der Waals surface area contributed by atoms with E-state index in [0.29, 0.717) is 23.0 Å². The molecular weight excluding hydrogens is 461 g/mol. The van der Waals surface area contributed by atoms with Gasteiger partial charge in [0.25, 0.3) is 0 Å². The third kappa shape index (κ3) is 4.82. The molecule has 4 fully saturated rings. The minimum absolute atomic E-state index is 0.441. The van der Waals surface area contributed by atoms with Crippen molar-refractivity contribution in [3.8, 4) is 0 Å². The predicted molar refractivity (Wildman–Crippen MR) is 156 cm³/mol. The average molecular weight is 521 g/mol. The third-order valence-electron chi connectivity index (χ3n) is 13.2. The van der Waals surface area contributed by atoms with Crippen LogP contribution in [0.15, 0.2) is 0 Å². The first-order valence-electron chi connectivity index (χ1n) is 16.0. The van der Waals surface area contributed by atoms with E-state index in [9.17, 15) is 0 Å². The first kappa shape index (κ1) is 28.4. The van der Waals surface area contributed by atoms with Crippen LogP contribution in [-0.4, -0.2) is 28.8 Å². The summed E-state index contributed by atoms with van der Waals surface area (Å²) in [5.41, 5.74) is 1.00. The van der Waals surface area contributed by atoms with Crippen molar-refractivity contribution in [2.45, 2.75) is 162 Å². The molecule has 0 aromatic carbocycles. The second-order valence-corrected chi connectivity index (χ2v) is 23.3. The summed E-state index contributed by atoms with van der Waals surface area (Å²) in [6, 6.07) is 7.78. The maximum atomic E-state index is 7.25. The van der Waals surface area contributed by atoms with Crippen molar-refractivity contribution >= 4 is 16.6 Å². The van der Waals surface area contributed by atoms with Crippen molar-refractivity contribution in [2.75, 3.05) is 0 Å². The van der Waals surface area contributed by atoms with Crippen molar-refractivity contribution < 1.29 is 8.85 Å². The Kier molecular flexibility index (Phi) is 8.79. The minimum Gasteiger partial charge on any atom is -0.414 e. The Morgan fingerprint density at radius 2 is 1.14 bits per heavy atom. The van der Waals surface area contributed by atoms with Crippen LogP contribution in [0.25, 0.3) is 0 Å². The molecule has 0 amide bonds. The van der Waals surface area contributed by atoms with Gasteiger partial charge in [-0.15, -0.1) is 0 Å². The van der Waals surface area contributed by atoms with Crippen LogP contribution in [0, 0.1) is 34.5 Å². The third-order valence-corrected chi connectivity index (χ3v) is 22.6. The van der Waals surface area contributed by atoms with Crippen LogP contribution < -0.4 is 0 Å². The van der Waals surface area contributed by atoms with E-state index >= 15 is 0 Å². The fourth-order valence-electron chi connectivity index (χ4n) is 10.1. The molecule has 4 rings (SSSR count). The van der Waals surface area contributed by atoms with Gasteiger partial charge in [-0.3, -0.25) is 0 Å². The summed E-state index contributed by atoms with van der Waals surface area (Å²) in [5.74, 6) is 3.72. The van der Waals surface area contributed by atoms with E-state index in [-0.39, 0.29) is 0 Å². The van der Waals surface area contributed by atoms with Crippen LogP contribution in [0.5, 0.6) is 0 Å². The van der Waals surface area contributed by atoms with E-state index in [0.717, 1.165) is 23.7 Å². The van der Waals surface area contributed by atoms with Gasteiger partial charge in [0.1, 0.15) is 0 Å². The minimum atomic E-state index is -1.54. The van der Waals surface area contributed by atoms with Gasteiger partial charge in [-0.2, -0.15) is 0 Å². The quantitative estimate of drug-likeness (QED) is 0.267. The Morgan fingerprint density at radius 3 is 1.74 bits per heavy atom. The number of rotatable bonds is 10. The lowest BCUT2D eigenvalue weighted by Gasteiger charge is -2.61. The highest BCUT2D eigenvalue weighted by molar-refractivity contribution is 6.74. The Bertz CT molecular complexity index is 688. The second-order valence-electron chi connectivity index (χ2n) is 13.9. The van der Waals surface area contributed by atoms with E-state index in [2.05, 4.69) is 55.4 Å². The zero-order chi connectivity index (χ0) is 25.5. The van der Waals surface area contributed by atoms with Crippen LogP contribution in [0.2, 0.25) is 36.3 Å². The molecule has 8 atom stereocenters. The molecule has 35 heavy (non-hydrogen) atoms. The zero-order valence-corrected chi connectivity index (χ0v) is 26.9. The smallest absolute Gasteiger partial charge is 0.192 e. The Labute approximate surface area is 221 Å². The molecule has 0 N–H and O–H groups in total. The first-order valence-corrected chi connectivity index (χ1v) is 21.1. The lowest BCUT2D eigenvalue weighted by Crippen LogP contribution is -2.56. The Balaban J connectivity index is 1.46. The summed E-state index contributed by atoms with van der Waals surface area (Å²) in [6.07, 6.45) is 13.8. The van der Waals surface area contributed by atoms with Gasteiger partial charge >= 0.3 is 0 Å². The highest BCUT2D eigenvalue weighted by Gasteiger charge is 2.61. The van der Waals surface area contributed by atoms with Crippen molar-refractivity contribution in [1.82, 2.24) is 0 Å². The van der Waals surface area contributed by atoms with Gasteiger partial charge in [0, 0.05) is 6.10 Å². The fourth-order valence-corrected chi connectivity index (χ4v) is 16.0. The molecule has 4 aliphatic rings. The number of hydrogen-bond acceptors (Lipinski definition) is 2. The molecule has 4 saturated carbocycles. The molecule has 0 aromatic heterocycles. The summed E-state index contributed by atoms with van der Waals surface area (Å²) < 4.78 is 14.3. The zero-order valence-electron chi connectivity index (χ0n) is 24.9. The van der Waals surface area contributed by atoms with Crippen molar-refractivity contribution in [1.29, 1.82) is 0 Å². The van der Waals surface area contributed by atoms with E-state index in [1.54, 1.807) is 0 Å². The highest BCUT2D eigenvalue weighted by atomic mass is 28.4. The van der Waals surface area contributed by atoms with Crippen molar-refractivity contribution in [3.05, 3.63) is 0 Å². The van der Waals surface area contributed by atoms with E-state index in [4.69, 9.17) is 8.85 Å². The maximum absolute atomic E-state index is 7.25. The van der Waals surface area contributed by atoms with Gasteiger partial charge in [-0.05, 0) is 129 Å². The predicted octanol–water partition coefficient (Wildman–Crippen LogP) is 9.81. The van der Waals surface area contributed by atoms with Crippen LogP contribution in [-0.2, 0) is 8.85 Å². The van der Waals surface area contributed by atoms with E-state index in [1.807, 2.05) is 0 Å². The van der Waals surface area contributed by atoms with Crippen molar-refractivity contribution in [2.24, 2.45) is 34.5 Å². The highest BCUT2D eigenvalue weighted by Crippen LogP contribution is 2.67. The molecule has 0 unspecified atom stereocenters. The van der Waals surface area contributed by atoms with Gasteiger partial charge in [0.15, 0.2) is 16.6 Å². The van der Waals surface area contributed by atoms with Gasteiger partial charge in [0.2, 0.25) is 0 Å². The Morgan fingerprint density at radius 1 is 0.600 bits per heavy atom.